The molecule has 0 aliphatic heterocycles. The molecule has 98 valence electrons. The van der Waals surface area contributed by atoms with Crippen LogP contribution < -0.4 is 10.1 Å². The first kappa shape index (κ1) is 14.0. The highest BCUT2D eigenvalue weighted by atomic mass is 16.5. The number of aliphatic carboxylic acids is 1. The van der Waals surface area contributed by atoms with Gasteiger partial charge < -0.3 is 15.2 Å². The smallest absolute Gasteiger partial charge is 0.330 e. The second-order valence-corrected chi connectivity index (χ2v) is 3.93. The fourth-order valence-corrected chi connectivity index (χ4v) is 1.66. The van der Waals surface area contributed by atoms with E-state index < -0.39 is 12.0 Å². The van der Waals surface area contributed by atoms with Gasteiger partial charge in [0.15, 0.2) is 6.04 Å². The summed E-state index contributed by atoms with van der Waals surface area (Å²) in [6.45, 7) is 5.55. The number of carboxylic acid groups (broad SMARTS) is 1. The molecule has 1 aromatic carbocycles. The summed E-state index contributed by atoms with van der Waals surface area (Å²) in [6, 6.07) is 4.04. The van der Waals surface area contributed by atoms with E-state index in [1.54, 1.807) is 18.2 Å². The fourth-order valence-electron chi connectivity index (χ4n) is 1.66. The van der Waals surface area contributed by atoms with Crippen LogP contribution in [0.4, 0.5) is 0 Å². The van der Waals surface area contributed by atoms with E-state index in [9.17, 15) is 9.59 Å². The lowest BCUT2D eigenvalue weighted by atomic mass is 10.0. The minimum atomic E-state index is -1.09. The molecule has 2 N–H and O–H groups in total. The molecule has 0 bridgehead atoms. The molecule has 18 heavy (non-hydrogen) atoms. The fraction of sp³-hybridized carbons (Fsp3) is 0.385. The van der Waals surface area contributed by atoms with Gasteiger partial charge in [0, 0.05) is 6.92 Å². The highest BCUT2D eigenvalue weighted by molar-refractivity contribution is 5.83. The third-order valence-corrected chi connectivity index (χ3v) is 2.43. The number of ether oxygens (including phenoxy) is 1. The van der Waals surface area contributed by atoms with Gasteiger partial charge in [-0.15, -0.1) is 0 Å². The van der Waals surface area contributed by atoms with Gasteiger partial charge >= 0.3 is 5.97 Å². The summed E-state index contributed by atoms with van der Waals surface area (Å²) < 4.78 is 5.38. The second kappa shape index (κ2) is 6.05. The molecule has 1 aromatic rings. The molecule has 0 radical (unpaired) electrons. The molecule has 0 aliphatic carbocycles. The lowest BCUT2D eigenvalue weighted by Crippen LogP contribution is -2.32. The van der Waals surface area contributed by atoms with Crippen molar-refractivity contribution in [3.63, 3.8) is 0 Å². The summed E-state index contributed by atoms with van der Waals surface area (Å²) in [5, 5.41) is 11.5. The molecular formula is C13H17NO4. The third-order valence-electron chi connectivity index (χ3n) is 2.43. The lowest BCUT2D eigenvalue weighted by Gasteiger charge is -2.15. The van der Waals surface area contributed by atoms with Crippen molar-refractivity contribution in [2.24, 2.45) is 0 Å². The number of carboxylic acids is 1. The normalized spacial score (nSPS) is 11.7. The van der Waals surface area contributed by atoms with Gasteiger partial charge in [0.25, 0.3) is 0 Å². The molecule has 1 rings (SSSR count). The van der Waals surface area contributed by atoms with Crippen molar-refractivity contribution < 1.29 is 19.4 Å². The monoisotopic (exact) mass is 251 g/mol. The summed E-state index contributed by atoms with van der Waals surface area (Å²) in [5.74, 6) is -0.754. The Balaban J connectivity index is 3.03. The van der Waals surface area contributed by atoms with Crippen LogP contribution in [0.15, 0.2) is 18.2 Å². The summed E-state index contributed by atoms with van der Waals surface area (Å²) >= 11 is 0. The first-order chi connectivity index (χ1) is 8.45. The topological polar surface area (TPSA) is 75.6 Å². The Morgan fingerprint density at radius 1 is 1.44 bits per heavy atom. The first-order valence-corrected chi connectivity index (χ1v) is 5.69. The predicted molar refractivity (Wildman–Crippen MR) is 66.5 cm³/mol. The van der Waals surface area contributed by atoms with E-state index >= 15 is 0 Å². The Labute approximate surface area is 106 Å². The number of benzene rings is 1. The molecule has 0 heterocycles. The Bertz CT molecular complexity index is 456. The molecule has 5 heteroatoms. The maximum atomic E-state index is 11.1. The number of rotatable bonds is 5. The van der Waals surface area contributed by atoms with Crippen molar-refractivity contribution in [1.29, 1.82) is 0 Å². The largest absolute Gasteiger partial charge is 0.494 e. The number of nitrogens with one attached hydrogen (secondary N) is 1. The van der Waals surface area contributed by atoms with Gasteiger partial charge in [0.2, 0.25) is 5.91 Å². The van der Waals surface area contributed by atoms with Gasteiger partial charge in [-0.25, -0.2) is 4.79 Å². The van der Waals surface area contributed by atoms with E-state index in [2.05, 4.69) is 5.32 Å². The number of aryl methyl sites for hydroxylation is 1. The van der Waals surface area contributed by atoms with E-state index in [-0.39, 0.29) is 5.91 Å². The molecule has 0 fully saturated rings. The average Bonchev–Trinajstić information content (AvgIpc) is 2.28. The molecule has 0 aliphatic rings. The molecule has 1 atom stereocenters. The zero-order chi connectivity index (χ0) is 13.7. The zero-order valence-corrected chi connectivity index (χ0v) is 10.7. The Kier molecular flexibility index (Phi) is 4.71. The van der Waals surface area contributed by atoms with Gasteiger partial charge in [-0.1, -0.05) is 6.07 Å². The number of hydrogen-bond acceptors (Lipinski definition) is 3. The van der Waals surface area contributed by atoms with E-state index in [0.29, 0.717) is 17.9 Å². The van der Waals surface area contributed by atoms with Crippen molar-refractivity contribution in [2.75, 3.05) is 6.61 Å². The van der Waals surface area contributed by atoms with E-state index in [0.717, 1.165) is 5.56 Å². The maximum absolute atomic E-state index is 11.1. The van der Waals surface area contributed by atoms with Crippen molar-refractivity contribution >= 4 is 11.9 Å². The Morgan fingerprint density at radius 3 is 2.56 bits per heavy atom. The SMILES string of the molecule is CCOc1ccc(C(NC(C)=O)C(=O)O)cc1C. The van der Waals surface area contributed by atoms with Crippen LogP contribution in [0.5, 0.6) is 5.75 Å². The Hall–Kier alpha value is -2.04. The van der Waals surface area contributed by atoms with Crippen molar-refractivity contribution in [3.8, 4) is 5.75 Å². The number of amides is 1. The van der Waals surface area contributed by atoms with Gasteiger partial charge in [0.05, 0.1) is 6.61 Å². The predicted octanol–water partition coefficient (Wildman–Crippen LogP) is 1.66. The summed E-state index contributed by atoms with van der Waals surface area (Å²) in [6.07, 6.45) is 0. The van der Waals surface area contributed by atoms with E-state index in [1.165, 1.54) is 6.92 Å². The number of carbonyl (C=O) groups is 2. The molecule has 0 saturated heterocycles. The molecular weight excluding hydrogens is 234 g/mol. The molecule has 0 saturated carbocycles. The van der Waals surface area contributed by atoms with Crippen molar-refractivity contribution in [2.45, 2.75) is 26.8 Å². The summed E-state index contributed by atoms with van der Waals surface area (Å²) in [7, 11) is 0. The van der Waals surface area contributed by atoms with Crippen LogP contribution in [-0.2, 0) is 9.59 Å². The van der Waals surface area contributed by atoms with Gasteiger partial charge in [0.1, 0.15) is 5.75 Å². The van der Waals surface area contributed by atoms with Crippen LogP contribution in [0.1, 0.15) is 31.0 Å². The number of carbonyl (C=O) groups excluding carboxylic acids is 1. The second-order valence-electron chi connectivity index (χ2n) is 3.93. The van der Waals surface area contributed by atoms with E-state index in [1.807, 2.05) is 13.8 Å². The van der Waals surface area contributed by atoms with Crippen molar-refractivity contribution in [1.82, 2.24) is 5.32 Å². The Morgan fingerprint density at radius 2 is 2.11 bits per heavy atom. The highest BCUT2D eigenvalue weighted by Gasteiger charge is 2.21. The van der Waals surface area contributed by atoms with Crippen LogP contribution in [0.2, 0.25) is 0 Å². The standard InChI is InChI=1S/C13H17NO4/c1-4-18-11-6-5-10(7-8(11)2)12(13(16)17)14-9(3)15/h5-7,12H,4H2,1-3H3,(H,14,15)(H,16,17). The highest BCUT2D eigenvalue weighted by Crippen LogP contribution is 2.23. The first-order valence-electron chi connectivity index (χ1n) is 5.69. The van der Waals surface area contributed by atoms with E-state index in [4.69, 9.17) is 9.84 Å². The van der Waals surface area contributed by atoms with Crippen LogP contribution in [0, 0.1) is 6.92 Å². The molecule has 1 amide bonds. The van der Waals surface area contributed by atoms with Crippen LogP contribution in [-0.4, -0.2) is 23.6 Å². The van der Waals surface area contributed by atoms with Gasteiger partial charge in [-0.05, 0) is 37.1 Å². The molecule has 0 spiro atoms. The maximum Gasteiger partial charge on any atom is 0.330 e. The van der Waals surface area contributed by atoms with Crippen LogP contribution in [0.3, 0.4) is 0 Å². The quantitative estimate of drug-likeness (QED) is 0.834. The minimum Gasteiger partial charge on any atom is -0.494 e. The minimum absolute atomic E-state index is 0.381. The van der Waals surface area contributed by atoms with Crippen LogP contribution in [0.25, 0.3) is 0 Å². The molecule has 1 unspecified atom stereocenters. The third kappa shape index (κ3) is 3.48. The average molecular weight is 251 g/mol. The lowest BCUT2D eigenvalue weighted by molar-refractivity contribution is -0.141. The molecule has 5 nitrogen and oxygen atoms in total. The van der Waals surface area contributed by atoms with Gasteiger partial charge in [-0.3, -0.25) is 4.79 Å². The molecule has 0 aromatic heterocycles. The summed E-state index contributed by atoms with van der Waals surface area (Å²) in [4.78, 5) is 22.1. The van der Waals surface area contributed by atoms with Gasteiger partial charge in [-0.2, -0.15) is 0 Å². The van der Waals surface area contributed by atoms with Crippen molar-refractivity contribution in [3.05, 3.63) is 29.3 Å². The zero-order valence-electron chi connectivity index (χ0n) is 10.7. The number of hydrogen-bond donors (Lipinski definition) is 2. The summed E-state index contributed by atoms with van der Waals surface area (Å²) in [5.41, 5.74) is 1.37. The van der Waals surface area contributed by atoms with Crippen LogP contribution >= 0.6 is 0 Å².